The number of carbonyl (C=O) groups is 1. The third-order valence-electron chi connectivity index (χ3n) is 2.52. The molecule has 0 aliphatic rings. The van der Waals surface area contributed by atoms with Crippen LogP contribution in [0.2, 0.25) is 5.02 Å². The molecule has 1 amide bonds. The van der Waals surface area contributed by atoms with Crippen LogP contribution in [0.5, 0.6) is 0 Å². The van der Waals surface area contributed by atoms with Crippen LogP contribution in [-0.4, -0.2) is 43.4 Å². The van der Waals surface area contributed by atoms with E-state index >= 15 is 0 Å². The highest BCUT2D eigenvalue weighted by atomic mass is 35.5. The van der Waals surface area contributed by atoms with Gasteiger partial charge in [-0.05, 0) is 32.0 Å². The van der Waals surface area contributed by atoms with Crippen LogP contribution in [0.4, 0.5) is 5.69 Å². The molecule has 1 rings (SSSR count). The van der Waals surface area contributed by atoms with E-state index in [0.717, 1.165) is 4.31 Å². The van der Waals surface area contributed by atoms with E-state index in [1.54, 1.807) is 0 Å². The minimum absolute atomic E-state index is 0.0220. The van der Waals surface area contributed by atoms with Gasteiger partial charge in [0.05, 0.1) is 15.6 Å². The molecule has 20 heavy (non-hydrogen) atoms. The van der Waals surface area contributed by atoms with Gasteiger partial charge in [0.1, 0.15) is 5.60 Å². The van der Waals surface area contributed by atoms with Crippen molar-refractivity contribution in [3.05, 3.63) is 23.2 Å². The van der Waals surface area contributed by atoms with Crippen LogP contribution in [0, 0.1) is 0 Å². The predicted molar refractivity (Wildman–Crippen MR) is 77.3 cm³/mol. The lowest BCUT2D eigenvalue weighted by atomic mass is 10.1. The molecule has 0 fully saturated rings. The van der Waals surface area contributed by atoms with Gasteiger partial charge in [-0.3, -0.25) is 4.79 Å². The van der Waals surface area contributed by atoms with Crippen molar-refractivity contribution < 1.29 is 18.3 Å². The van der Waals surface area contributed by atoms with E-state index in [1.165, 1.54) is 46.1 Å². The zero-order valence-corrected chi connectivity index (χ0v) is 13.2. The van der Waals surface area contributed by atoms with Gasteiger partial charge in [-0.25, -0.2) is 12.7 Å². The second-order valence-electron chi connectivity index (χ2n) is 4.94. The molecule has 0 aromatic heterocycles. The minimum atomic E-state index is -3.59. The summed E-state index contributed by atoms with van der Waals surface area (Å²) in [7, 11) is -0.766. The van der Waals surface area contributed by atoms with Gasteiger partial charge in [0.25, 0.3) is 5.91 Å². The fourth-order valence-corrected chi connectivity index (χ4v) is 2.46. The Morgan fingerprint density at radius 3 is 2.30 bits per heavy atom. The molecule has 0 radical (unpaired) electrons. The van der Waals surface area contributed by atoms with Crippen molar-refractivity contribution in [2.45, 2.75) is 24.3 Å². The number of nitrogens with zero attached hydrogens (tertiary/aromatic N) is 1. The topological polar surface area (TPSA) is 86.7 Å². The smallest absolute Gasteiger partial charge is 0.255 e. The standard InChI is InChI=1S/C12H17ClN2O4S/c1-12(2,17)11(16)14-10-6-5-8(7-9(10)13)20(18,19)15(3)4/h5-7,17H,1-4H3,(H,14,16). The van der Waals surface area contributed by atoms with Crippen molar-refractivity contribution in [1.29, 1.82) is 0 Å². The number of carbonyl (C=O) groups excluding carboxylic acids is 1. The van der Waals surface area contributed by atoms with Gasteiger partial charge in [0.15, 0.2) is 0 Å². The number of hydrogen-bond donors (Lipinski definition) is 2. The summed E-state index contributed by atoms with van der Waals surface area (Å²) in [4.78, 5) is 11.7. The number of halogens is 1. The highest BCUT2D eigenvalue weighted by molar-refractivity contribution is 7.89. The van der Waals surface area contributed by atoms with E-state index in [9.17, 15) is 18.3 Å². The SMILES string of the molecule is CN(C)S(=O)(=O)c1ccc(NC(=O)C(C)(C)O)c(Cl)c1. The summed E-state index contributed by atoms with van der Waals surface area (Å²) in [5, 5.41) is 12.0. The number of amides is 1. The Bertz CT molecular complexity index is 621. The number of anilines is 1. The first-order chi connectivity index (χ1) is 8.96. The van der Waals surface area contributed by atoms with Crippen LogP contribution in [0.25, 0.3) is 0 Å². The maximum atomic E-state index is 11.9. The molecule has 112 valence electrons. The van der Waals surface area contributed by atoms with Gasteiger partial charge < -0.3 is 10.4 Å². The zero-order chi connectivity index (χ0) is 15.7. The fraction of sp³-hybridized carbons (Fsp3) is 0.417. The lowest BCUT2D eigenvalue weighted by molar-refractivity contribution is -0.130. The molecule has 0 bridgehead atoms. The summed E-state index contributed by atoms with van der Waals surface area (Å²) >= 11 is 5.95. The van der Waals surface area contributed by atoms with E-state index < -0.39 is 21.5 Å². The molecule has 2 N–H and O–H groups in total. The Morgan fingerprint density at radius 1 is 1.35 bits per heavy atom. The first-order valence-electron chi connectivity index (χ1n) is 5.72. The number of sulfonamides is 1. The Morgan fingerprint density at radius 2 is 1.90 bits per heavy atom. The Labute approximate surface area is 123 Å². The number of rotatable bonds is 4. The van der Waals surface area contributed by atoms with E-state index in [1.807, 2.05) is 0 Å². The molecule has 0 saturated carbocycles. The number of hydrogen-bond acceptors (Lipinski definition) is 4. The van der Waals surface area contributed by atoms with Gasteiger partial charge in [-0.1, -0.05) is 11.6 Å². The zero-order valence-electron chi connectivity index (χ0n) is 11.6. The number of nitrogens with one attached hydrogen (secondary N) is 1. The lowest BCUT2D eigenvalue weighted by Gasteiger charge is -2.18. The van der Waals surface area contributed by atoms with Gasteiger partial charge in [0.2, 0.25) is 10.0 Å². The van der Waals surface area contributed by atoms with Crippen molar-refractivity contribution in [3.8, 4) is 0 Å². The molecule has 8 heteroatoms. The van der Waals surface area contributed by atoms with Crippen LogP contribution >= 0.6 is 11.6 Å². The third-order valence-corrected chi connectivity index (χ3v) is 4.65. The normalized spacial score (nSPS) is 12.6. The largest absolute Gasteiger partial charge is 0.381 e. The highest BCUT2D eigenvalue weighted by Gasteiger charge is 2.25. The highest BCUT2D eigenvalue weighted by Crippen LogP contribution is 2.27. The third kappa shape index (κ3) is 3.69. The summed E-state index contributed by atoms with van der Waals surface area (Å²) in [6.07, 6.45) is 0. The van der Waals surface area contributed by atoms with Crippen molar-refractivity contribution in [2.24, 2.45) is 0 Å². The first kappa shape index (κ1) is 16.9. The monoisotopic (exact) mass is 320 g/mol. The summed E-state index contributed by atoms with van der Waals surface area (Å²) in [5.74, 6) is -0.636. The first-order valence-corrected chi connectivity index (χ1v) is 7.54. The van der Waals surface area contributed by atoms with Crippen molar-refractivity contribution in [1.82, 2.24) is 4.31 Å². The maximum absolute atomic E-state index is 11.9. The van der Waals surface area contributed by atoms with Gasteiger partial charge in [-0.2, -0.15) is 0 Å². The maximum Gasteiger partial charge on any atom is 0.255 e. The molecule has 0 heterocycles. The van der Waals surface area contributed by atoms with Gasteiger partial charge in [-0.15, -0.1) is 0 Å². The van der Waals surface area contributed by atoms with Crippen LogP contribution in [0.3, 0.4) is 0 Å². The van der Waals surface area contributed by atoms with E-state index in [0.29, 0.717) is 0 Å². The summed E-state index contributed by atoms with van der Waals surface area (Å²) < 4.78 is 24.9. The van der Waals surface area contributed by atoms with Crippen LogP contribution < -0.4 is 5.32 Å². The molecule has 0 aliphatic heterocycles. The summed E-state index contributed by atoms with van der Waals surface area (Å²) in [6, 6.07) is 3.96. The van der Waals surface area contributed by atoms with Crippen molar-refractivity contribution in [2.75, 3.05) is 19.4 Å². The predicted octanol–water partition coefficient (Wildman–Crippen LogP) is 1.30. The molecule has 0 saturated heterocycles. The lowest BCUT2D eigenvalue weighted by Crippen LogP contribution is -2.36. The molecule has 0 aliphatic carbocycles. The van der Waals surface area contributed by atoms with E-state index in [4.69, 9.17) is 11.6 Å². The molecular weight excluding hydrogens is 304 g/mol. The van der Waals surface area contributed by atoms with Crippen molar-refractivity contribution in [3.63, 3.8) is 0 Å². The summed E-state index contributed by atoms with van der Waals surface area (Å²) in [6.45, 7) is 2.67. The Balaban J connectivity index is 3.10. The molecular formula is C12H17ClN2O4S. The average molecular weight is 321 g/mol. The van der Waals surface area contributed by atoms with Crippen molar-refractivity contribution >= 4 is 33.2 Å². The fourth-order valence-electron chi connectivity index (χ4n) is 1.24. The number of benzene rings is 1. The second-order valence-corrected chi connectivity index (χ2v) is 7.50. The van der Waals surface area contributed by atoms with Crippen LogP contribution in [-0.2, 0) is 14.8 Å². The van der Waals surface area contributed by atoms with Gasteiger partial charge in [0, 0.05) is 14.1 Å². The summed E-state index contributed by atoms with van der Waals surface area (Å²) in [5.41, 5.74) is -1.32. The molecule has 1 aromatic carbocycles. The molecule has 6 nitrogen and oxygen atoms in total. The second kappa shape index (κ2) is 5.69. The van der Waals surface area contributed by atoms with Gasteiger partial charge >= 0.3 is 0 Å². The van der Waals surface area contributed by atoms with E-state index in [2.05, 4.69) is 5.32 Å². The Kier molecular flexibility index (Phi) is 4.81. The van der Waals surface area contributed by atoms with Crippen LogP contribution in [0.1, 0.15) is 13.8 Å². The molecule has 0 unspecified atom stereocenters. The molecule has 0 spiro atoms. The molecule has 0 atom stereocenters. The number of aliphatic hydroxyl groups is 1. The Hall–Kier alpha value is -1.15. The quantitative estimate of drug-likeness (QED) is 0.875. The molecule has 1 aromatic rings. The minimum Gasteiger partial charge on any atom is -0.381 e. The van der Waals surface area contributed by atoms with Crippen LogP contribution in [0.15, 0.2) is 23.1 Å². The average Bonchev–Trinajstić information content (AvgIpc) is 2.29. The van der Waals surface area contributed by atoms with E-state index in [-0.39, 0.29) is 15.6 Å².